The summed E-state index contributed by atoms with van der Waals surface area (Å²) in [6.45, 7) is 6.37. The highest BCUT2D eigenvalue weighted by molar-refractivity contribution is 7.69. The molecule has 0 aromatic carbocycles. The molecule has 0 spiro atoms. The van der Waals surface area contributed by atoms with E-state index in [1.165, 1.54) is 0 Å². The summed E-state index contributed by atoms with van der Waals surface area (Å²) in [5.41, 5.74) is 2.20. The molecule has 2 aromatic rings. The molecule has 0 aliphatic heterocycles. The third-order valence-electron chi connectivity index (χ3n) is 2.98. The molecule has 0 radical (unpaired) electrons. The zero-order valence-electron chi connectivity index (χ0n) is 11.4. The summed E-state index contributed by atoms with van der Waals surface area (Å²) in [5.74, 6) is 0. The number of imidazole rings is 2. The normalized spacial score (nSPS) is 11.7. The minimum absolute atomic E-state index is 0.645. The SMILES string of the molecule is CCN(CC)P(c1nccn1C)c1nccn1C. The minimum atomic E-state index is -0.645. The fraction of sp³-hybridized carbons (Fsp3) is 0.500. The van der Waals surface area contributed by atoms with Gasteiger partial charge in [0.15, 0.2) is 11.1 Å². The van der Waals surface area contributed by atoms with E-state index in [1.807, 2.05) is 38.9 Å². The number of rotatable bonds is 5. The molecular formula is C12H20N5P. The Morgan fingerprint density at radius 1 is 1.00 bits per heavy atom. The first-order valence-corrected chi connectivity index (χ1v) is 7.48. The van der Waals surface area contributed by atoms with Crippen molar-refractivity contribution in [1.29, 1.82) is 0 Å². The molecule has 98 valence electrons. The first-order chi connectivity index (χ1) is 8.69. The van der Waals surface area contributed by atoms with Crippen molar-refractivity contribution in [2.75, 3.05) is 13.1 Å². The van der Waals surface area contributed by atoms with Gasteiger partial charge in [0.25, 0.3) is 0 Å². The summed E-state index contributed by atoms with van der Waals surface area (Å²) in [5, 5.41) is 0. The Kier molecular flexibility index (Phi) is 4.15. The van der Waals surface area contributed by atoms with Crippen molar-refractivity contribution in [1.82, 2.24) is 23.8 Å². The van der Waals surface area contributed by atoms with Crippen molar-refractivity contribution in [2.45, 2.75) is 13.8 Å². The van der Waals surface area contributed by atoms with Crippen LogP contribution in [0.4, 0.5) is 0 Å². The van der Waals surface area contributed by atoms with E-state index in [4.69, 9.17) is 0 Å². The average molecular weight is 265 g/mol. The second kappa shape index (κ2) is 5.63. The van der Waals surface area contributed by atoms with Gasteiger partial charge in [-0.2, -0.15) is 0 Å². The first kappa shape index (κ1) is 13.2. The lowest BCUT2D eigenvalue weighted by atomic mass is 10.7. The molecule has 5 nitrogen and oxygen atoms in total. The van der Waals surface area contributed by atoms with Crippen LogP contribution < -0.4 is 11.1 Å². The minimum Gasteiger partial charge on any atom is -0.333 e. The van der Waals surface area contributed by atoms with Crippen molar-refractivity contribution in [3.05, 3.63) is 24.8 Å². The molecule has 2 rings (SSSR count). The van der Waals surface area contributed by atoms with Gasteiger partial charge in [-0.15, -0.1) is 0 Å². The smallest absolute Gasteiger partial charge is 0.154 e. The standard InChI is InChI=1S/C12H20N5P/c1-5-17(6-2)18(11-13-7-9-15(11)3)12-14-8-10-16(12)4/h7-10H,5-6H2,1-4H3. The number of aromatic nitrogens is 4. The third-order valence-corrected chi connectivity index (χ3v) is 5.73. The second-order valence-corrected chi connectivity index (χ2v) is 6.12. The van der Waals surface area contributed by atoms with Crippen molar-refractivity contribution in [3.8, 4) is 0 Å². The summed E-state index contributed by atoms with van der Waals surface area (Å²) in [4.78, 5) is 9.05. The fourth-order valence-corrected chi connectivity index (χ4v) is 4.31. The van der Waals surface area contributed by atoms with Crippen LogP contribution in [-0.2, 0) is 14.1 Å². The number of hydrogen-bond donors (Lipinski definition) is 0. The molecule has 0 amide bonds. The van der Waals surface area contributed by atoms with Gasteiger partial charge in [-0.05, 0) is 13.1 Å². The van der Waals surface area contributed by atoms with Crippen LogP contribution in [0.15, 0.2) is 24.8 Å². The van der Waals surface area contributed by atoms with Crippen LogP contribution in [0.1, 0.15) is 13.8 Å². The highest BCUT2D eigenvalue weighted by Crippen LogP contribution is 2.35. The third kappa shape index (κ3) is 2.33. The molecule has 0 unspecified atom stereocenters. The monoisotopic (exact) mass is 265 g/mol. The maximum Gasteiger partial charge on any atom is 0.154 e. The molecule has 0 atom stereocenters. The maximum absolute atomic E-state index is 4.53. The molecule has 0 aliphatic carbocycles. The van der Waals surface area contributed by atoms with Crippen LogP contribution in [0, 0.1) is 0 Å². The van der Waals surface area contributed by atoms with Crippen LogP contribution in [0.25, 0.3) is 0 Å². The molecule has 0 bridgehead atoms. The van der Waals surface area contributed by atoms with Crippen LogP contribution in [0.2, 0.25) is 0 Å². The fourth-order valence-electron chi connectivity index (χ4n) is 1.97. The van der Waals surface area contributed by atoms with Crippen LogP contribution in [-0.4, -0.2) is 36.9 Å². The first-order valence-electron chi connectivity index (χ1n) is 6.18. The molecule has 0 aliphatic rings. The van der Waals surface area contributed by atoms with Gasteiger partial charge in [0, 0.05) is 38.9 Å². The summed E-state index contributed by atoms with van der Waals surface area (Å²) in [6, 6.07) is 0. The van der Waals surface area contributed by atoms with Gasteiger partial charge in [0.05, 0.1) is 0 Å². The maximum atomic E-state index is 4.53. The van der Waals surface area contributed by atoms with E-state index in [0.717, 1.165) is 24.2 Å². The molecule has 0 saturated carbocycles. The van der Waals surface area contributed by atoms with Crippen LogP contribution in [0.5, 0.6) is 0 Å². The summed E-state index contributed by atoms with van der Waals surface area (Å²) in [6.07, 6.45) is 7.71. The van der Waals surface area contributed by atoms with E-state index in [0.29, 0.717) is 0 Å². The predicted octanol–water partition coefficient (Wildman–Crippen LogP) is 0.843. The number of hydrogen-bond acceptors (Lipinski definition) is 3. The quantitative estimate of drug-likeness (QED) is 0.752. The van der Waals surface area contributed by atoms with Crippen molar-refractivity contribution >= 4 is 19.2 Å². The van der Waals surface area contributed by atoms with Crippen LogP contribution in [0.3, 0.4) is 0 Å². The Labute approximate surface area is 109 Å². The van der Waals surface area contributed by atoms with E-state index in [9.17, 15) is 0 Å². The Morgan fingerprint density at radius 3 is 1.72 bits per heavy atom. The van der Waals surface area contributed by atoms with Gasteiger partial charge in [0.1, 0.15) is 8.07 Å². The van der Waals surface area contributed by atoms with E-state index < -0.39 is 8.07 Å². The zero-order chi connectivity index (χ0) is 13.1. The predicted molar refractivity (Wildman–Crippen MR) is 75.5 cm³/mol. The zero-order valence-corrected chi connectivity index (χ0v) is 12.3. The summed E-state index contributed by atoms with van der Waals surface area (Å²) in [7, 11) is 3.45. The van der Waals surface area contributed by atoms with Crippen molar-refractivity contribution < 1.29 is 0 Å². The van der Waals surface area contributed by atoms with Gasteiger partial charge in [-0.1, -0.05) is 13.8 Å². The Balaban J connectivity index is 2.48. The highest BCUT2D eigenvalue weighted by atomic mass is 31.1. The number of nitrogens with zero attached hydrogens (tertiary/aromatic N) is 5. The Morgan fingerprint density at radius 2 is 1.44 bits per heavy atom. The highest BCUT2D eigenvalue weighted by Gasteiger charge is 2.27. The largest absolute Gasteiger partial charge is 0.333 e. The lowest BCUT2D eigenvalue weighted by Gasteiger charge is -2.28. The molecule has 2 aromatic heterocycles. The van der Waals surface area contributed by atoms with Gasteiger partial charge < -0.3 is 9.13 Å². The summed E-state index contributed by atoms with van der Waals surface area (Å²) >= 11 is 0. The van der Waals surface area contributed by atoms with Crippen molar-refractivity contribution in [3.63, 3.8) is 0 Å². The van der Waals surface area contributed by atoms with Gasteiger partial charge in [-0.3, -0.25) is 4.67 Å². The molecular weight excluding hydrogens is 245 g/mol. The molecule has 18 heavy (non-hydrogen) atoms. The molecule has 6 heteroatoms. The van der Waals surface area contributed by atoms with E-state index in [1.54, 1.807) is 0 Å². The average Bonchev–Trinajstić information content (AvgIpc) is 2.96. The summed E-state index contributed by atoms with van der Waals surface area (Å²) < 4.78 is 6.62. The topological polar surface area (TPSA) is 38.9 Å². The van der Waals surface area contributed by atoms with E-state index >= 15 is 0 Å². The molecule has 2 heterocycles. The molecule has 0 fully saturated rings. The molecule has 0 saturated heterocycles. The lowest BCUT2D eigenvalue weighted by Crippen LogP contribution is -2.35. The van der Waals surface area contributed by atoms with E-state index in [2.05, 4.69) is 37.6 Å². The van der Waals surface area contributed by atoms with E-state index in [-0.39, 0.29) is 0 Å². The Hall–Kier alpha value is -1.19. The molecule has 0 N–H and O–H groups in total. The Bertz CT molecular complexity index is 460. The van der Waals surface area contributed by atoms with Gasteiger partial charge in [-0.25, -0.2) is 9.97 Å². The number of aryl methyl sites for hydroxylation is 2. The lowest BCUT2D eigenvalue weighted by molar-refractivity contribution is 0.511. The van der Waals surface area contributed by atoms with Crippen molar-refractivity contribution in [2.24, 2.45) is 14.1 Å². The van der Waals surface area contributed by atoms with Crippen LogP contribution >= 0.6 is 8.07 Å². The van der Waals surface area contributed by atoms with Gasteiger partial charge >= 0.3 is 0 Å². The van der Waals surface area contributed by atoms with Gasteiger partial charge in [0.2, 0.25) is 0 Å². The second-order valence-electron chi connectivity index (χ2n) is 4.13.